The lowest BCUT2D eigenvalue weighted by Gasteiger charge is -2.20. The van der Waals surface area contributed by atoms with Crippen LogP contribution >= 0.6 is 9.24 Å². The number of hydrogen-bond acceptors (Lipinski definition) is 5. The van der Waals surface area contributed by atoms with Crippen LogP contribution in [0.25, 0.3) is 0 Å². The highest BCUT2D eigenvalue weighted by Crippen LogP contribution is 2.39. The van der Waals surface area contributed by atoms with E-state index in [-0.39, 0.29) is 33.7 Å². The van der Waals surface area contributed by atoms with Crippen LogP contribution in [0.2, 0.25) is 0 Å². The summed E-state index contributed by atoms with van der Waals surface area (Å²) in [7, 11) is 2.20. The predicted octanol–water partition coefficient (Wildman–Crippen LogP) is 6.97. The summed E-state index contributed by atoms with van der Waals surface area (Å²) in [6.45, 7) is 15.0. The van der Waals surface area contributed by atoms with Crippen LogP contribution in [-0.2, 0) is 4.94 Å². The van der Waals surface area contributed by atoms with Gasteiger partial charge in [-0.15, -0.1) is 9.24 Å². The van der Waals surface area contributed by atoms with Gasteiger partial charge in [0.15, 0.2) is 0 Å². The number of aliphatic hydroxyl groups is 1. The molecule has 182 valence electrons. The lowest BCUT2D eigenvalue weighted by Crippen LogP contribution is -2.37. The molecule has 1 fully saturated rings. The van der Waals surface area contributed by atoms with E-state index in [1.165, 1.54) is 12.1 Å². The fraction of sp³-hybridized carbons (Fsp3) is 0.500. The van der Waals surface area contributed by atoms with Crippen molar-refractivity contribution in [1.29, 1.82) is 0 Å². The molecule has 1 atom stereocenters. The van der Waals surface area contributed by atoms with Crippen molar-refractivity contribution in [3.05, 3.63) is 64.7 Å². The molecule has 0 amide bonds. The molecular weight excluding hydrogens is 431 g/mol. The highest BCUT2D eigenvalue weighted by molar-refractivity contribution is 7.22. The number of aliphatic hydroxyl groups excluding tert-OH is 1. The zero-order valence-corrected chi connectivity index (χ0v) is 21.4. The summed E-state index contributed by atoms with van der Waals surface area (Å²) in [4.78, 5) is 5.38. The second-order valence-electron chi connectivity index (χ2n) is 7.04. The van der Waals surface area contributed by atoms with Crippen LogP contribution in [0.15, 0.2) is 53.3 Å². The molecule has 0 spiro atoms. The quantitative estimate of drug-likeness (QED) is 0.121. The van der Waals surface area contributed by atoms with Gasteiger partial charge in [-0.1, -0.05) is 53.7 Å². The molecule has 8 heteroatoms. The summed E-state index contributed by atoms with van der Waals surface area (Å²) in [6.07, 6.45) is 5.21. The summed E-state index contributed by atoms with van der Waals surface area (Å²) < 4.78 is 26.9. The second kappa shape index (κ2) is 15.8. The number of anilines is 1. The SMILES string of the molecule is C=C(Nc1ccc(C)cc1F)/C(NONC1(CCC)CC1)=C(O)\C=C(\P)CF.CC.CC. The average Bonchev–Trinajstić information content (AvgIpc) is 3.55. The van der Waals surface area contributed by atoms with Crippen molar-refractivity contribution in [1.82, 2.24) is 11.0 Å². The van der Waals surface area contributed by atoms with E-state index in [1.807, 2.05) is 27.7 Å². The lowest BCUT2D eigenvalue weighted by atomic mass is 10.1. The molecule has 0 heterocycles. The van der Waals surface area contributed by atoms with Crippen molar-refractivity contribution < 1.29 is 18.8 Å². The number of benzene rings is 1. The number of hydroxylamine groups is 2. The van der Waals surface area contributed by atoms with Crippen LogP contribution in [0, 0.1) is 12.7 Å². The number of aryl methyl sites for hydroxylation is 1. The van der Waals surface area contributed by atoms with Gasteiger partial charge in [-0.05, 0) is 55.3 Å². The molecule has 1 unspecified atom stereocenters. The van der Waals surface area contributed by atoms with Crippen molar-refractivity contribution in [2.75, 3.05) is 12.0 Å². The molecule has 0 radical (unpaired) electrons. The summed E-state index contributed by atoms with van der Waals surface area (Å²) in [5.41, 5.74) is 6.71. The van der Waals surface area contributed by atoms with E-state index in [9.17, 15) is 13.9 Å². The maximum atomic E-state index is 14.1. The number of nitrogens with one attached hydrogen (secondary N) is 3. The standard InChI is InChI=1S/C20H28F2N3O2P.2C2H6/c1-4-7-20(8-9-20)25-27-24-19(18(26)11-15(28)12-21)14(3)23-17-6-5-13(2)10-16(17)22;2*1-2/h5-6,10-11,23-26H,3-4,7-9,12,28H2,1-2H3;2*1-2H3/b15-11+,19-18-;;. The topological polar surface area (TPSA) is 65.5 Å². The Kier molecular flexibility index (Phi) is 14.8. The van der Waals surface area contributed by atoms with Crippen molar-refractivity contribution >= 4 is 14.9 Å². The van der Waals surface area contributed by atoms with Gasteiger partial charge in [-0.25, -0.2) is 14.3 Å². The Balaban J connectivity index is 0.00000227. The number of rotatable bonds is 11. The van der Waals surface area contributed by atoms with E-state index in [1.54, 1.807) is 19.1 Å². The van der Waals surface area contributed by atoms with Crippen molar-refractivity contribution in [2.24, 2.45) is 0 Å². The Morgan fingerprint density at radius 1 is 1.28 bits per heavy atom. The largest absolute Gasteiger partial charge is 0.506 e. The molecule has 0 saturated heterocycles. The zero-order valence-electron chi connectivity index (χ0n) is 20.2. The predicted molar refractivity (Wildman–Crippen MR) is 134 cm³/mol. The summed E-state index contributed by atoms with van der Waals surface area (Å²) >= 11 is 0. The summed E-state index contributed by atoms with van der Waals surface area (Å²) in [5.74, 6) is -0.750. The minimum absolute atomic E-state index is 0.0631. The van der Waals surface area contributed by atoms with E-state index in [2.05, 4.69) is 39.0 Å². The van der Waals surface area contributed by atoms with Gasteiger partial charge in [-0.2, -0.15) is 10.4 Å². The van der Waals surface area contributed by atoms with Gasteiger partial charge < -0.3 is 10.4 Å². The number of allylic oxidation sites excluding steroid dienone is 2. The van der Waals surface area contributed by atoms with Crippen molar-refractivity contribution in [3.8, 4) is 0 Å². The summed E-state index contributed by atoms with van der Waals surface area (Å²) in [5, 5.41) is 13.4. The fourth-order valence-electron chi connectivity index (χ4n) is 2.72. The minimum atomic E-state index is -0.743. The van der Waals surface area contributed by atoms with E-state index >= 15 is 0 Å². The van der Waals surface area contributed by atoms with Crippen LogP contribution in [0.5, 0.6) is 0 Å². The molecule has 0 aromatic heterocycles. The molecular formula is C24H40F2N3O2P. The average molecular weight is 472 g/mol. The van der Waals surface area contributed by atoms with E-state index in [0.717, 1.165) is 31.2 Å². The summed E-state index contributed by atoms with van der Waals surface area (Å²) in [6, 6.07) is 4.71. The van der Waals surface area contributed by atoms with Gasteiger partial charge in [0.1, 0.15) is 23.9 Å². The first-order valence-electron chi connectivity index (χ1n) is 11.2. The van der Waals surface area contributed by atoms with Crippen LogP contribution in [0.1, 0.15) is 65.9 Å². The first kappa shape index (κ1) is 30.0. The maximum absolute atomic E-state index is 14.1. The number of alkyl halides is 1. The Bertz CT molecular complexity index is 779. The molecule has 4 N–H and O–H groups in total. The van der Waals surface area contributed by atoms with E-state index in [4.69, 9.17) is 4.94 Å². The van der Waals surface area contributed by atoms with Crippen LogP contribution in [-0.4, -0.2) is 17.3 Å². The van der Waals surface area contributed by atoms with Crippen LogP contribution in [0.3, 0.4) is 0 Å². The van der Waals surface area contributed by atoms with E-state index < -0.39 is 12.5 Å². The smallest absolute Gasteiger partial charge is 0.146 e. The first-order chi connectivity index (χ1) is 15.3. The van der Waals surface area contributed by atoms with Gasteiger partial charge in [0.05, 0.1) is 11.4 Å². The molecule has 1 aromatic rings. The molecule has 2 rings (SSSR count). The molecule has 0 bridgehead atoms. The third-order valence-electron chi connectivity index (χ3n) is 4.45. The van der Waals surface area contributed by atoms with Crippen LogP contribution in [0.4, 0.5) is 14.5 Å². The zero-order chi connectivity index (χ0) is 24.7. The van der Waals surface area contributed by atoms with Gasteiger partial charge >= 0.3 is 0 Å². The molecule has 5 nitrogen and oxygen atoms in total. The molecule has 1 aliphatic carbocycles. The minimum Gasteiger partial charge on any atom is -0.506 e. The Morgan fingerprint density at radius 3 is 2.41 bits per heavy atom. The first-order valence-corrected chi connectivity index (χ1v) is 11.7. The number of hydrogen-bond donors (Lipinski definition) is 4. The fourth-order valence-corrected chi connectivity index (χ4v) is 2.88. The van der Waals surface area contributed by atoms with Crippen molar-refractivity contribution in [2.45, 2.75) is 72.8 Å². The Hall–Kier alpha value is -1.95. The molecule has 1 aromatic carbocycles. The monoisotopic (exact) mass is 471 g/mol. The van der Waals surface area contributed by atoms with Crippen LogP contribution < -0.4 is 16.3 Å². The Labute approximate surface area is 194 Å². The van der Waals surface area contributed by atoms with Gasteiger partial charge in [0, 0.05) is 5.54 Å². The van der Waals surface area contributed by atoms with Gasteiger partial charge in [0.25, 0.3) is 0 Å². The lowest BCUT2D eigenvalue weighted by molar-refractivity contribution is -0.0498. The highest BCUT2D eigenvalue weighted by Gasteiger charge is 2.42. The normalized spacial score (nSPS) is 14.7. The van der Waals surface area contributed by atoms with E-state index in [0.29, 0.717) is 0 Å². The third kappa shape index (κ3) is 10.1. The third-order valence-corrected chi connectivity index (χ3v) is 4.77. The molecule has 1 aliphatic rings. The molecule has 1 saturated carbocycles. The molecule has 0 aliphatic heterocycles. The second-order valence-corrected chi connectivity index (χ2v) is 7.78. The Morgan fingerprint density at radius 2 is 1.91 bits per heavy atom. The molecule has 32 heavy (non-hydrogen) atoms. The maximum Gasteiger partial charge on any atom is 0.146 e. The highest BCUT2D eigenvalue weighted by atomic mass is 31.0. The van der Waals surface area contributed by atoms with Crippen molar-refractivity contribution in [3.63, 3.8) is 0 Å². The van der Waals surface area contributed by atoms with Gasteiger partial charge in [-0.3, -0.25) is 0 Å². The number of halogens is 2. The van der Waals surface area contributed by atoms with Gasteiger partial charge in [0.2, 0.25) is 0 Å².